The van der Waals surface area contributed by atoms with Crippen LogP contribution in [0.15, 0.2) is 48.5 Å². The van der Waals surface area contributed by atoms with E-state index in [1.54, 1.807) is 13.0 Å². The van der Waals surface area contributed by atoms with Crippen molar-refractivity contribution in [2.24, 2.45) is 0 Å². The molecule has 0 saturated heterocycles. The summed E-state index contributed by atoms with van der Waals surface area (Å²) in [4.78, 5) is 23.0. The predicted molar refractivity (Wildman–Crippen MR) is 102 cm³/mol. The smallest absolute Gasteiger partial charge is 0.314 e. The van der Waals surface area contributed by atoms with Crippen LogP contribution in [0, 0.1) is 10.1 Å². The van der Waals surface area contributed by atoms with Gasteiger partial charge in [0.05, 0.1) is 18.1 Å². The maximum Gasteiger partial charge on any atom is 0.314 e. The molecule has 27 heavy (non-hydrogen) atoms. The summed E-state index contributed by atoms with van der Waals surface area (Å²) in [6, 6.07) is 14.2. The van der Waals surface area contributed by atoms with Crippen molar-refractivity contribution in [3.05, 3.63) is 64.2 Å². The summed E-state index contributed by atoms with van der Waals surface area (Å²) in [5, 5.41) is 14.1. The van der Waals surface area contributed by atoms with E-state index in [2.05, 4.69) is 5.32 Å². The summed E-state index contributed by atoms with van der Waals surface area (Å²) >= 11 is 0. The Morgan fingerprint density at radius 3 is 2.52 bits per heavy atom. The average molecular weight is 372 g/mol. The minimum Gasteiger partial charge on any atom is -0.496 e. The lowest BCUT2D eigenvalue weighted by atomic mass is 10.1. The molecular formula is C20H24N2O5. The molecule has 0 bridgehead atoms. The highest BCUT2D eigenvalue weighted by Gasteiger charge is 2.22. The van der Waals surface area contributed by atoms with Gasteiger partial charge in [0.25, 0.3) is 5.91 Å². The second-order valence-corrected chi connectivity index (χ2v) is 6.28. The summed E-state index contributed by atoms with van der Waals surface area (Å²) in [5.41, 5.74) is 0.961. The van der Waals surface area contributed by atoms with Gasteiger partial charge in [-0.2, -0.15) is 0 Å². The molecule has 0 spiro atoms. The molecule has 0 unspecified atom stereocenters. The molecule has 1 N–H and O–H groups in total. The van der Waals surface area contributed by atoms with E-state index < -0.39 is 11.0 Å². The van der Waals surface area contributed by atoms with Gasteiger partial charge < -0.3 is 14.8 Å². The Balaban J connectivity index is 1.92. The molecule has 2 atom stereocenters. The molecule has 0 aliphatic carbocycles. The van der Waals surface area contributed by atoms with Crippen LogP contribution in [-0.4, -0.2) is 30.1 Å². The number of nitro benzene ring substituents is 1. The molecular weight excluding hydrogens is 348 g/mol. The Morgan fingerprint density at radius 1 is 1.19 bits per heavy atom. The van der Waals surface area contributed by atoms with Gasteiger partial charge in [0.2, 0.25) is 0 Å². The van der Waals surface area contributed by atoms with E-state index in [9.17, 15) is 14.9 Å². The third kappa shape index (κ3) is 5.99. The summed E-state index contributed by atoms with van der Waals surface area (Å²) in [6.07, 6.45) is 0.767. The number of rotatable bonds is 9. The fraction of sp³-hybridized carbons (Fsp3) is 0.350. The lowest BCUT2D eigenvalue weighted by Gasteiger charge is -2.19. The van der Waals surface area contributed by atoms with Crippen LogP contribution in [0.5, 0.6) is 11.5 Å². The molecule has 1 amide bonds. The van der Waals surface area contributed by atoms with E-state index >= 15 is 0 Å². The van der Waals surface area contributed by atoms with E-state index in [1.807, 2.05) is 37.3 Å². The number of carbonyl (C=O) groups excluding carboxylic acids is 1. The molecule has 7 nitrogen and oxygen atoms in total. The molecule has 7 heteroatoms. The second-order valence-electron chi connectivity index (χ2n) is 6.28. The van der Waals surface area contributed by atoms with Gasteiger partial charge in [-0.1, -0.05) is 30.3 Å². The molecule has 0 saturated carbocycles. The monoisotopic (exact) mass is 372 g/mol. The van der Waals surface area contributed by atoms with Crippen molar-refractivity contribution < 1.29 is 19.2 Å². The molecule has 2 aromatic carbocycles. The van der Waals surface area contributed by atoms with Crippen LogP contribution in [0.25, 0.3) is 0 Å². The Labute approximate surface area is 158 Å². The van der Waals surface area contributed by atoms with E-state index in [1.165, 1.54) is 24.8 Å². The maximum absolute atomic E-state index is 12.3. The third-order valence-corrected chi connectivity index (χ3v) is 4.13. The van der Waals surface area contributed by atoms with Crippen molar-refractivity contribution >= 4 is 11.6 Å². The zero-order valence-electron chi connectivity index (χ0n) is 15.7. The zero-order valence-corrected chi connectivity index (χ0v) is 15.7. The Morgan fingerprint density at radius 2 is 1.89 bits per heavy atom. The molecule has 0 radical (unpaired) electrons. The van der Waals surface area contributed by atoms with Gasteiger partial charge in [0.1, 0.15) is 5.75 Å². The summed E-state index contributed by atoms with van der Waals surface area (Å²) in [6.45, 7) is 3.48. The molecule has 0 aliphatic heterocycles. The molecule has 0 heterocycles. The number of carbonyl (C=O) groups is 1. The maximum atomic E-state index is 12.3. The SMILES string of the molecule is COc1ccc(O[C@@H](C)C(=O)N[C@H](C)CCc2ccccc2)c([N+](=O)[O-])c1. The topological polar surface area (TPSA) is 90.7 Å². The predicted octanol–water partition coefficient (Wildman–Crippen LogP) is 3.51. The zero-order chi connectivity index (χ0) is 19.8. The number of methoxy groups -OCH3 is 1. The third-order valence-electron chi connectivity index (χ3n) is 4.13. The number of hydrogen-bond donors (Lipinski definition) is 1. The van der Waals surface area contributed by atoms with Gasteiger partial charge in [-0.25, -0.2) is 0 Å². The Hall–Kier alpha value is -3.09. The molecule has 0 fully saturated rings. The first-order valence-electron chi connectivity index (χ1n) is 8.74. The van der Waals surface area contributed by atoms with Crippen LogP contribution >= 0.6 is 0 Å². The van der Waals surface area contributed by atoms with Gasteiger partial charge in [-0.15, -0.1) is 0 Å². The van der Waals surface area contributed by atoms with Crippen LogP contribution < -0.4 is 14.8 Å². The number of aryl methyl sites for hydroxylation is 1. The summed E-state index contributed by atoms with van der Waals surface area (Å²) in [5.74, 6) is 0.0572. The Kier molecular flexibility index (Phi) is 7.16. The van der Waals surface area contributed by atoms with E-state index in [-0.39, 0.29) is 23.4 Å². The fourth-order valence-corrected chi connectivity index (χ4v) is 2.57. The van der Waals surface area contributed by atoms with Gasteiger partial charge in [0.15, 0.2) is 11.9 Å². The second kappa shape index (κ2) is 9.56. The van der Waals surface area contributed by atoms with Crippen LogP contribution in [-0.2, 0) is 11.2 Å². The number of hydrogen-bond acceptors (Lipinski definition) is 5. The quantitative estimate of drug-likeness (QED) is 0.537. The highest BCUT2D eigenvalue weighted by molar-refractivity contribution is 5.81. The number of nitro groups is 1. The summed E-state index contributed by atoms with van der Waals surface area (Å²) < 4.78 is 10.5. The number of ether oxygens (including phenoxy) is 2. The largest absolute Gasteiger partial charge is 0.496 e. The minimum absolute atomic E-state index is 0.0281. The van der Waals surface area contributed by atoms with Crippen LogP contribution in [0.2, 0.25) is 0 Å². The van der Waals surface area contributed by atoms with E-state index in [0.29, 0.717) is 5.75 Å². The lowest BCUT2D eigenvalue weighted by molar-refractivity contribution is -0.386. The first-order chi connectivity index (χ1) is 12.9. The number of nitrogens with one attached hydrogen (secondary N) is 1. The molecule has 2 aromatic rings. The van der Waals surface area contributed by atoms with Crippen molar-refractivity contribution in [2.75, 3.05) is 7.11 Å². The van der Waals surface area contributed by atoms with Crippen molar-refractivity contribution in [2.45, 2.75) is 38.8 Å². The molecule has 2 rings (SSSR count). The highest BCUT2D eigenvalue weighted by atomic mass is 16.6. The van der Waals surface area contributed by atoms with Crippen LogP contribution in [0.3, 0.4) is 0 Å². The highest BCUT2D eigenvalue weighted by Crippen LogP contribution is 2.31. The van der Waals surface area contributed by atoms with Crippen molar-refractivity contribution in [1.29, 1.82) is 0 Å². The lowest BCUT2D eigenvalue weighted by Crippen LogP contribution is -2.41. The van der Waals surface area contributed by atoms with E-state index in [0.717, 1.165) is 12.8 Å². The van der Waals surface area contributed by atoms with E-state index in [4.69, 9.17) is 9.47 Å². The minimum atomic E-state index is -0.865. The van der Waals surface area contributed by atoms with Crippen molar-refractivity contribution in [1.82, 2.24) is 5.32 Å². The van der Waals surface area contributed by atoms with Gasteiger partial charge in [0, 0.05) is 6.04 Å². The normalized spacial score (nSPS) is 12.7. The van der Waals surface area contributed by atoms with Crippen LogP contribution in [0.1, 0.15) is 25.8 Å². The molecule has 0 aromatic heterocycles. The first kappa shape index (κ1) is 20.2. The fourth-order valence-electron chi connectivity index (χ4n) is 2.57. The van der Waals surface area contributed by atoms with Crippen molar-refractivity contribution in [3.8, 4) is 11.5 Å². The summed E-state index contributed by atoms with van der Waals surface area (Å²) in [7, 11) is 1.42. The molecule has 144 valence electrons. The Bertz CT molecular complexity index is 779. The van der Waals surface area contributed by atoms with Gasteiger partial charge >= 0.3 is 5.69 Å². The molecule has 0 aliphatic rings. The number of benzene rings is 2. The van der Waals surface area contributed by atoms with Gasteiger partial charge in [-0.05, 0) is 44.4 Å². The standard InChI is InChI=1S/C20H24N2O5/c1-14(9-10-16-7-5-4-6-8-16)21-20(23)15(2)27-19-12-11-17(26-3)13-18(19)22(24)25/h4-8,11-15H,9-10H2,1-3H3,(H,21,23)/t14-,15+/m1/s1. The van der Waals surface area contributed by atoms with Crippen molar-refractivity contribution in [3.63, 3.8) is 0 Å². The first-order valence-corrected chi connectivity index (χ1v) is 8.74. The van der Waals surface area contributed by atoms with Gasteiger partial charge in [-0.3, -0.25) is 14.9 Å². The number of nitrogens with zero attached hydrogens (tertiary/aromatic N) is 1. The average Bonchev–Trinajstić information content (AvgIpc) is 2.67. The van der Waals surface area contributed by atoms with Crippen LogP contribution in [0.4, 0.5) is 5.69 Å². The number of amides is 1.